The molecule has 2 N–H and O–H groups in total. The average Bonchev–Trinajstić information content (AvgIpc) is 2.51. The van der Waals surface area contributed by atoms with Crippen LogP contribution in [-0.4, -0.2) is 18.8 Å². The average molecular weight is 303 g/mol. The molecule has 1 aliphatic rings. The SMILES string of the molecule is N[C@@H]1CCO[C@@H](C(c2ccc(F)cc2)c2ccc(F)cc2)C1. The van der Waals surface area contributed by atoms with E-state index in [4.69, 9.17) is 10.5 Å². The Balaban J connectivity index is 1.97. The van der Waals surface area contributed by atoms with Crippen molar-refractivity contribution in [1.82, 2.24) is 0 Å². The maximum absolute atomic E-state index is 13.2. The number of rotatable bonds is 3. The molecule has 1 heterocycles. The topological polar surface area (TPSA) is 35.2 Å². The van der Waals surface area contributed by atoms with E-state index in [2.05, 4.69) is 0 Å². The zero-order valence-electron chi connectivity index (χ0n) is 12.2. The van der Waals surface area contributed by atoms with Crippen molar-refractivity contribution in [2.75, 3.05) is 6.61 Å². The standard InChI is InChI=1S/C18H19F2NO/c19-14-5-1-12(2-6-14)18(13-3-7-15(20)8-4-13)17-11-16(21)9-10-22-17/h1-8,16-18H,9-11,21H2/t16-,17-/m1/s1. The maximum Gasteiger partial charge on any atom is 0.123 e. The third-order valence-corrected chi connectivity index (χ3v) is 4.19. The number of nitrogens with two attached hydrogens (primary N) is 1. The van der Waals surface area contributed by atoms with Gasteiger partial charge in [-0.05, 0) is 48.2 Å². The van der Waals surface area contributed by atoms with Gasteiger partial charge in [0.05, 0.1) is 6.10 Å². The Labute approximate surface area is 128 Å². The van der Waals surface area contributed by atoms with Crippen molar-refractivity contribution >= 4 is 0 Å². The van der Waals surface area contributed by atoms with Gasteiger partial charge in [-0.25, -0.2) is 8.78 Å². The van der Waals surface area contributed by atoms with Crippen molar-refractivity contribution in [3.05, 3.63) is 71.3 Å². The molecular formula is C18H19F2NO. The van der Waals surface area contributed by atoms with Crippen LogP contribution in [0.2, 0.25) is 0 Å². The van der Waals surface area contributed by atoms with Gasteiger partial charge in [-0.1, -0.05) is 24.3 Å². The lowest BCUT2D eigenvalue weighted by Gasteiger charge is -2.34. The highest BCUT2D eigenvalue weighted by atomic mass is 19.1. The number of ether oxygens (including phenoxy) is 1. The number of benzene rings is 2. The normalized spacial score (nSPS) is 22.0. The van der Waals surface area contributed by atoms with E-state index in [0.29, 0.717) is 6.61 Å². The molecule has 22 heavy (non-hydrogen) atoms. The van der Waals surface area contributed by atoms with E-state index in [1.54, 1.807) is 24.3 Å². The Kier molecular flexibility index (Phi) is 4.50. The quantitative estimate of drug-likeness (QED) is 0.940. The fourth-order valence-electron chi connectivity index (χ4n) is 3.05. The van der Waals surface area contributed by atoms with Gasteiger partial charge in [0.1, 0.15) is 11.6 Å². The van der Waals surface area contributed by atoms with Crippen molar-refractivity contribution in [1.29, 1.82) is 0 Å². The molecule has 0 amide bonds. The lowest BCUT2D eigenvalue weighted by molar-refractivity contribution is -0.00142. The summed E-state index contributed by atoms with van der Waals surface area (Å²) in [5.74, 6) is -0.627. The molecule has 0 unspecified atom stereocenters. The lowest BCUT2D eigenvalue weighted by Crippen LogP contribution is -2.38. The molecule has 0 aliphatic carbocycles. The third kappa shape index (κ3) is 3.34. The monoisotopic (exact) mass is 303 g/mol. The zero-order chi connectivity index (χ0) is 15.5. The number of hydrogen-bond donors (Lipinski definition) is 1. The van der Waals surface area contributed by atoms with E-state index >= 15 is 0 Å². The molecule has 3 rings (SSSR count). The van der Waals surface area contributed by atoms with Gasteiger partial charge in [-0.2, -0.15) is 0 Å². The van der Waals surface area contributed by atoms with Crippen LogP contribution in [0, 0.1) is 11.6 Å². The van der Waals surface area contributed by atoms with E-state index < -0.39 is 0 Å². The fourth-order valence-corrected chi connectivity index (χ4v) is 3.05. The van der Waals surface area contributed by atoms with Gasteiger partial charge in [0, 0.05) is 18.6 Å². The van der Waals surface area contributed by atoms with Gasteiger partial charge in [0.15, 0.2) is 0 Å². The molecule has 1 saturated heterocycles. The van der Waals surface area contributed by atoms with Crippen LogP contribution in [0.4, 0.5) is 8.78 Å². The lowest BCUT2D eigenvalue weighted by atomic mass is 9.82. The van der Waals surface area contributed by atoms with E-state index in [0.717, 1.165) is 24.0 Å². The van der Waals surface area contributed by atoms with Crippen LogP contribution in [0.1, 0.15) is 29.9 Å². The Morgan fingerprint density at radius 2 is 1.41 bits per heavy atom. The van der Waals surface area contributed by atoms with Crippen molar-refractivity contribution in [3.63, 3.8) is 0 Å². The highest BCUT2D eigenvalue weighted by Gasteiger charge is 2.30. The van der Waals surface area contributed by atoms with E-state index in [9.17, 15) is 8.78 Å². The fraction of sp³-hybridized carbons (Fsp3) is 0.333. The van der Waals surface area contributed by atoms with E-state index in [1.165, 1.54) is 24.3 Å². The first kappa shape index (κ1) is 15.1. The summed E-state index contributed by atoms with van der Waals surface area (Å²) in [6.45, 7) is 0.616. The van der Waals surface area contributed by atoms with Gasteiger partial charge < -0.3 is 10.5 Å². The van der Waals surface area contributed by atoms with Crippen molar-refractivity contribution in [2.45, 2.75) is 30.9 Å². The van der Waals surface area contributed by atoms with Gasteiger partial charge in [0.25, 0.3) is 0 Å². The van der Waals surface area contributed by atoms with Crippen LogP contribution in [0.25, 0.3) is 0 Å². The molecule has 116 valence electrons. The van der Waals surface area contributed by atoms with E-state index in [1.807, 2.05) is 0 Å². The van der Waals surface area contributed by atoms with Crippen molar-refractivity contribution in [3.8, 4) is 0 Å². The summed E-state index contributed by atoms with van der Waals surface area (Å²) in [5.41, 5.74) is 7.97. The van der Waals surface area contributed by atoms with Crippen LogP contribution in [0.15, 0.2) is 48.5 Å². The highest BCUT2D eigenvalue weighted by Crippen LogP contribution is 2.34. The number of halogens is 2. The first-order chi connectivity index (χ1) is 10.6. The first-order valence-corrected chi connectivity index (χ1v) is 7.51. The Bertz CT molecular complexity index is 566. The molecule has 2 aromatic rings. The van der Waals surface area contributed by atoms with Crippen LogP contribution < -0.4 is 5.73 Å². The second-order valence-electron chi connectivity index (χ2n) is 5.77. The molecule has 1 fully saturated rings. The summed E-state index contributed by atoms with van der Waals surface area (Å²) in [4.78, 5) is 0. The second kappa shape index (κ2) is 6.55. The Morgan fingerprint density at radius 3 is 1.86 bits per heavy atom. The second-order valence-corrected chi connectivity index (χ2v) is 5.77. The summed E-state index contributed by atoms with van der Waals surface area (Å²) >= 11 is 0. The molecule has 4 heteroatoms. The molecule has 2 atom stereocenters. The Hall–Kier alpha value is -1.78. The van der Waals surface area contributed by atoms with Gasteiger partial charge in [0.2, 0.25) is 0 Å². The van der Waals surface area contributed by atoms with Crippen molar-refractivity contribution < 1.29 is 13.5 Å². The zero-order valence-corrected chi connectivity index (χ0v) is 12.2. The molecule has 0 spiro atoms. The minimum absolute atomic E-state index is 0.0763. The minimum Gasteiger partial charge on any atom is -0.377 e. The highest BCUT2D eigenvalue weighted by molar-refractivity contribution is 5.34. The Morgan fingerprint density at radius 1 is 0.909 bits per heavy atom. The summed E-state index contributed by atoms with van der Waals surface area (Å²) in [6, 6.07) is 12.9. The molecule has 0 aromatic heterocycles. The summed E-state index contributed by atoms with van der Waals surface area (Å²) in [7, 11) is 0. The van der Waals surface area contributed by atoms with Crippen molar-refractivity contribution in [2.24, 2.45) is 5.73 Å². The predicted octanol–water partition coefficient (Wildman–Crippen LogP) is 3.60. The summed E-state index contributed by atoms with van der Waals surface area (Å²) in [6.07, 6.45) is 1.50. The molecular weight excluding hydrogens is 284 g/mol. The van der Waals surface area contributed by atoms with Crippen LogP contribution in [-0.2, 0) is 4.74 Å². The summed E-state index contributed by atoms with van der Waals surface area (Å²) in [5, 5.41) is 0. The summed E-state index contributed by atoms with van der Waals surface area (Å²) < 4.78 is 32.3. The predicted molar refractivity (Wildman–Crippen MR) is 81.6 cm³/mol. The molecule has 0 radical (unpaired) electrons. The van der Waals surface area contributed by atoms with E-state index in [-0.39, 0.29) is 29.7 Å². The molecule has 1 aliphatic heterocycles. The molecule has 0 saturated carbocycles. The van der Waals surface area contributed by atoms with Gasteiger partial charge >= 0.3 is 0 Å². The van der Waals surface area contributed by atoms with Gasteiger partial charge in [-0.15, -0.1) is 0 Å². The first-order valence-electron chi connectivity index (χ1n) is 7.51. The molecule has 2 aromatic carbocycles. The minimum atomic E-state index is -0.275. The van der Waals surface area contributed by atoms with Crippen LogP contribution in [0.5, 0.6) is 0 Å². The number of hydrogen-bond acceptors (Lipinski definition) is 2. The largest absolute Gasteiger partial charge is 0.377 e. The molecule has 2 nitrogen and oxygen atoms in total. The third-order valence-electron chi connectivity index (χ3n) is 4.19. The van der Waals surface area contributed by atoms with Crippen LogP contribution >= 0.6 is 0 Å². The maximum atomic E-state index is 13.2. The van der Waals surface area contributed by atoms with Crippen LogP contribution in [0.3, 0.4) is 0 Å². The smallest absolute Gasteiger partial charge is 0.123 e. The molecule has 0 bridgehead atoms. The van der Waals surface area contributed by atoms with Gasteiger partial charge in [-0.3, -0.25) is 0 Å².